The number of sulfonamides is 1. The summed E-state index contributed by atoms with van der Waals surface area (Å²) in [5, 5.41) is 0. The molecule has 2 aromatic rings. The highest BCUT2D eigenvalue weighted by molar-refractivity contribution is 7.89. The highest BCUT2D eigenvalue weighted by atomic mass is 35.5. The molecule has 1 aliphatic heterocycles. The van der Waals surface area contributed by atoms with E-state index in [0.29, 0.717) is 38.5 Å². The van der Waals surface area contributed by atoms with Crippen LogP contribution in [0.4, 0.5) is 0 Å². The van der Waals surface area contributed by atoms with Crippen molar-refractivity contribution in [2.24, 2.45) is 0 Å². The molecule has 1 fully saturated rings. The van der Waals surface area contributed by atoms with Gasteiger partial charge in [0.2, 0.25) is 10.0 Å². The minimum atomic E-state index is -3.48. The zero-order chi connectivity index (χ0) is 16.3. The van der Waals surface area contributed by atoms with Crippen molar-refractivity contribution in [3.05, 3.63) is 48.4 Å². The number of methoxy groups -OCH3 is 1. The molecular formula is C16H21ClN2O4S. The predicted molar refractivity (Wildman–Crippen MR) is 93.0 cm³/mol. The van der Waals surface area contributed by atoms with Crippen LogP contribution in [-0.4, -0.2) is 50.9 Å². The molecule has 132 valence electrons. The Kier molecular flexibility index (Phi) is 6.28. The highest BCUT2D eigenvalue weighted by Gasteiger charge is 2.28. The maximum absolute atomic E-state index is 12.7. The number of hydrogen-bond donors (Lipinski definition) is 0. The number of furan rings is 1. The fraction of sp³-hybridized carbons (Fsp3) is 0.375. The quantitative estimate of drug-likeness (QED) is 0.805. The molecule has 1 saturated heterocycles. The molecule has 0 aliphatic carbocycles. The van der Waals surface area contributed by atoms with Gasteiger partial charge in [0.05, 0.1) is 24.8 Å². The molecule has 0 spiro atoms. The summed E-state index contributed by atoms with van der Waals surface area (Å²) in [6, 6.07) is 10.4. The molecule has 1 aromatic carbocycles. The van der Waals surface area contributed by atoms with E-state index in [-0.39, 0.29) is 17.3 Å². The summed E-state index contributed by atoms with van der Waals surface area (Å²) in [7, 11) is -1.95. The molecule has 24 heavy (non-hydrogen) atoms. The molecule has 1 aromatic heterocycles. The lowest BCUT2D eigenvalue weighted by Crippen LogP contribution is -2.48. The van der Waals surface area contributed by atoms with Crippen molar-refractivity contribution < 1.29 is 17.6 Å². The standard InChI is InChI=1S/C16H20N2O4S.ClH/c1-21-14-4-2-6-16(12-14)23(19,20)18-9-7-17(8-10-18)13-15-5-3-11-22-15;/h2-6,11-12H,7-10,13H2,1H3;1H. The summed E-state index contributed by atoms with van der Waals surface area (Å²) in [6.07, 6.45) is 1.65. The predicted octanol–water partition coefficient (Wildman–Crippen LogP) is 2.22. The SMILES string of the molecule is COc1cccc(S(=O)(=O)N2CCN(Cc3ccco3)CC2)c1.Cl. The van der Waals surface area contributed by atoms with E-state index >= 15 is 0 Å². The fourth-order valence-electron chi connectivity index (χ4n) is 2.66. The molecule has 0 radical (unpaired) electrons. The lowest BCUT2D eigenvalue weighted by molar-refractivity contribution is 0.171. The van der Waals surface area contributed by atoms with Gasteiger partial charge in [-0.05, 0) is 24.3 Å². The van der Waals surface area contributed by atoms with Crippen LogP contribution in [0.25, 0.3) is 0 Å². The molecule has 2 heterocycles. The van der Waals surface area contributed by atoms with Gasteiger partial charge in [0, 0.05) is 32.2 Å². The third-order valence-electron chi connectivity index (χ3n) is 3.97. The fourth-order valence-corrected chi connectivity index (χ4v) is 4.12. The van der Waals surface area contributed by atoms with E-state index in [1.54, 1.807) is 30.5 Å². The van der Waals surface area contributed by atoms with Crippen molar-refractivity contribution in [2.75, 3.05) is 33.3 Å². The molecule has 8 heteroatoms. The minimum absolute atomic E-state index is 0. The van der Waals surface area contributed by atoms with Crippen LogP contribution in [0.1, 0.15) is 5.76 Å². The van der Waals surface area contributed by atoms with Gasteiger partial charge in [-0.25, -0.2) is 8.42 Å². The van der Waals surface area contributed by atoms with Gasteiger partial charge in [0.25, 0.3) is 0 Å². The highest BCUT2D eigenvalue weighted by Crippen LogP contribution is 2.22. The van der Waals surface area contributed by atoms with Crippen LogP contribution in [0.5, 0.6) is 5.75 Å². The van der Waals surface area contributed by atoms with E-state index in [9.17, 15) is 8.42 Å². The second-order valence-electron chi connectivity index (χ2n) is 5.44. The van der Waals surface area contributed by atoms with Gasteiger partial charge in [0.15, 0.2) is 0 Å². The van der Waals surface area contributed by atoms with Crippen molar-refractivity contribution in [1.29, 1.82) is 0 Å². The van der Waals surface area contributed by atoms with Crippen LogP contribution < -0.4 is 4.74 Å². The number of nitrogens with zero attached hydrogens (tertiary/aromatic N) is 2. The molecule has 3 rings (SSSR count). The van der Waals surface area contributed by atoms with Gasteiger partial charge in [-0.1, -0.05) is 6.07 Å². The van der Waals surface area contributed by atoms with Gasteiger partial charge in [-0.3, -0.25) is 4.90 Å². The van der Waals surface area contributed by atoms with Gasteiger partial charge < -0.3 is 9.15 Å². The van der Waals surface area contributed by atoms with Crippen LogP contribution >= 0.6 is 12.4 Å². The number of benzene rings is 1. The van der Waals surface area contributed by atoms with E-state index in [2.05, 4.69) is 4.90 Å². The van der Waals surface area contributed by atoms with Crippen molar-refractivity contribution in [1.82, 2.24) is 9.21 Å². The van der Waals surface area contributed by atoms with E-state index in [1.165, 1.54) is 11.4 Å². The minimum Gasteiger partial charge on any atom is -0.497 e. The number of rotatable bonds is 5. The van der Waals surface area contributed by atoms with E-state index in [0.717, 1.165) is 5.76 Å². The zero-order valence-electron chi connectivity index (χ0n) is 13.4. The molecule has 0 saturated carbocycles. The van der Waals surface area contributed by atoms with Crippen LogP contribution in [0.3, 0.4) is 0 Å². The smallest absolute Gasteiger partial charge is 0.243 e. The van der Waals surface area contributed by atoms with Gasteiger partial charge in [-0.2, -0.15) is 4.31 Å². The monoisotopic (exact) mass is 372 g/mol. The Hall–Kier alpha value is -1.54. The van der Waals surface area contributed by atoms with Crippen molar-refractivity contribution in [2.45, 2.75) is 11.4 Å². The number of ether oxygens (including phenoxy) is 1. The average Bonchev–Trinajstić information content (AvgIpc) is 3.08. The van der Waals surface area contributed by atoms with Gasteiger partial charge in [0.1, 0.15) is 11.5 Å². The molecule has 0 atom stereocenters. The maximum Gasteiger partial charge on any atom is 0.243 e. The van der Waals surface area contributed by atoms with E-state index in [1.807, 2.05) is 12.1 Å². The Bertz CT molecular complexity index is 741. The first-order valence-corrected chi connectivity index (χ1v) is 8.92. The molecule has 0 unspecified atom stereocenters. The number of piperazine rings is 1. The van der Waals surface area contributed by atoms with Crippen LogP contribution in [0.15, 0.2) is 52.0 Å². The average molecular weight is 373 g/mol. The topological polar surface area (TPSA) is 63.0 Å². The van der Waals surface area contributed by atoms with Crippen LogP contribution in [-0.2, 0) is 16.6 Å². The number of halogens is 1. The summed E-state index contributed by atoms with van der Waals surface area (Å²) >= 11 is 0. The first-order valence-electron chi connectivity index (χ1n) is 7.48. The molecule has 0 bridgehead atoms. The van der Waals surface area contributed by atoms with Crippen molar-refractivity contribution in [3.63, 3.8) is 0 Å². The van der Waals surface area contributed by atoms with Crippen LogP contribution in [0, 0.1) is 0 Å². The Morgan fingerprint density at radius 2 is 1.88 bits per heavy atom. The van der Waals surface area contributed by atoms with Gasteiger partial charge in [-0.15, -0.1) is 12.4 Å². The lowest BCUT2D eigenvalue weighted by Gasteiger charge is -2.33. The Balaban J connectivity index is 0.00000208. The molecule has 6 nitrogen and oxygen atoms in total. The third kappa shape index (κ3) is 4.10. The molecule has 0 N–H and O–H groups in total. The van der Waals surface area contributed by atoms with Crippen LogP contribution in [0.2, 0.25) is 0 Å². The first-order chi connectivity index (χ1) is 11.1. The molecular weight excluding hydrogens is 352 g/mol. The van der Waals surface area contributed by atoms with Crippen molar-refractivity contribution >= 4 is 22.4 Å². The normalized spacial score (nSPS) is 16.5. The summed E-state index contributed by atoms with van der Waals surface area (Å²) in [5.74, 6) is 1.44. The molecule has 0 amide bonds. The van der Waals surface area contributed by atoms with Gasteiger partial charge >= 0.3 is 0 Å². The zero-order valence-corrected chi connectivity index (χ0v) is 15.1. The van der Waals surface area contributed by atoms with E-state index in [4.69, 9.17) is 9.15 Å². The Morgan fingerprint density at radius 1 is 1.12 bits per heavy atom. The largest absolute Gasteiger partial charge is 0.497 e. The Labute approximate surface area is 148 Å². The first kappa shape index (κ1) is 18.8. The summed E-state index contributed by atoms with van der Waals surface area (Å²) in [5.41, 5.74) is 0. The third-order valence-corrected chi connectivity index (χ3v) is 5.86. The summed E-state index contributed by atoms with van der Waals surface area (Å²) in [6.45, 7) is 3.02. The summed E-state index contributed by atoms with van der Waals surface area (Å²) < 4.78 is 37.4. The second-order valence-corrected chi connectivity index (χ2v) is 7.38. The Morgan fingerprint density at radius 3 is 2.50 bits per heavy atom. The summed E-state index contributed by atoms with van der Waals surface area (Å²) in [4.78, 5) is 2.47. The number of hydrogen-bond acceptors (Lipinski definition) is 5. The van der Waals surface area contributed by atoms with E-state index < -0.39 is 10.0 Å². The second kappa shape index (κ2) is 8.02. The maximum atomic E-state index is 12.7. The molecule has 1 aliphatic rings. The lowest BCUT2D eigenvalue weighted by atomic mass is 10.3. The van der Waals surface area contributed by atoms with Crippen molar-refractivity contribution in [3.8, 4) is 5.75 Å².